The number of hydrogen-bond donors (Lipinski definition) is 3. The van der Waals surface area contributed by atoms with E-state index in [1.54, 1.807) is 0 Å². The molecule has 1 fully saturated rings. The van der Waals surface area contributed by atoms with Gasteiger partial charge in [0.25, 0.3) is 5.91 Å². The van der Waals surface area contributed by atoms with Gasteiger partial charge in [0.1, 0.15) is 11.5 Å². The fourth-order valence-corrected chi connectivity index (χ4v) is 2.83. The largest absolute Gasteiger partial charge is 0.477 e. The van der Waals surface area contributed by atoms with Crippen LogP contribution in [0.3, 0.4) is 0 Å². The molecule has 1 amide bonds. The van der Waals surface area contributed by atoms with Crippen LogP contribution in [0.2, 0.25) is 0 Å². The number of aromatic amines is 1. The van der Waals surface area contributed by atoms with Crippen molar-refractivity contribution in [2.75, 3.05) is 32.8 Å². The summed E-state index contributed by atoms with van der Waals surface area (Å²) < 4.78 is 11.1. The summed E-state index contributed by atoms with van der Waals surface area (Å²) in [5.41, 5.74) is -0.363. The molecule has 1 saturated heterocycles. The zero-order valence-corrected chi connectivity index (χ0v) is 13.8. The first kappa shape index (κ1) is 17.2. The maximum absolute atomic E-state index is 12.3. The molecule has 1 aliphatic rings. The van der Waals surface area contributed by atoms with Gasteiger partial charge in [0.05, 0.1) is 25.6 Å². The van der Waals surface area contributed by atoms with Gasteiger partial charge in [-0.15, -0.1) is 0 Å². The number of carbonyl (C=O) groups is 2. The lowest BCUT2D eigenvalue weighted by molar-refractivity contribution is 0.0116. The number of carboxylic acids is 1. The first-order chi connectivity index (χ1) is 12.1. The first-order valence-electron chi connectivity index (χ1n) is 7.99. The van der Waals surface area contributed by atoms with Crippen molar-refractivity contribution in [1.29, 1.82) is 0 Å². The standard InChI is InChI=1S/C16H20N4O5/c1-10-2-3-12(25-10)11(20-4-6-24-7-5-20)8-17-15(21)13-14(16(22)23)19-9-18-13/h2-3,9,11H,4-8H2,1H3,(H,17,21)(H,18,19)(H,22,23). The monoisotopic (exact) mass is 348 g/mol. The van der Waals surface area contributed by atoms with Crippen LogP contribution < -0.4 is 5.32 Å². The Labute approximate surface area is 144 Å². The molecule has 3 rings (SSSR count). The number of carbonyl (C=O) groups excluding carboxylic acids is 1. The molecule has 3 N–H and O–H groups in total. The van der Waals surface area contributed by atoms with E-state index in [0.717, 1.165) is 24.6 Å². The molecule has 2 aromatic heterocycles. The van der Waals surface area contributed by atoms with Crippen LogP contribution in [0, 0.1) is 6.92 Å². The number of carboxylic acid groups (broad SMARTS) is 1. The molecule has 0 aromatic carbocycles. The lowest BCUT2D eigenvalue weighted by Crippen LogP contribution is -2.43. The van der Waals surface area contributed by atoms with Crippen LogP contribution in [-0.2, 0) is 4.74 Å². The Bertz CT molecular complexity index is 747. The predicted octanol–water partition coefficient (Wildman–Crippen LogP) is 0.813. The molecule has 9 heteroatoms. The maximum Gasteiger partial charge on any atom is 0.354 e. The number of furan rings is 1. The molecule has 1 atom stereocenters. The molecule has 0 saturated carbocycles. The number of morpholine rings is 1. The number of ether oxygens (including phenoxy) is 1. The van der Waals surface area contributed by atoms with Crippen LogP contribution in [0.4, 0.5) is 0 Å². The summed E-state index contributed by atoms with van der Waals surface area (Å²) in [5, 5.41) is 11.8. The van der Waals surface area contributed by atoms with Gasteiger partial charge in [0.2, 0.25) is 0 Å². The maximum atomic E-state index is 12.3. The van der Waals surface area contributed by atoms with E-state index >= 15 is 0 Å². The van der Waals surface area contributed by atoms with Gasteiger partial charge in [0, 0.05) is 19.6 Å². The van der Waals surface area contributed by atoms with E-state index < -0.39 is 11.9 Å². The molecular formula is C16H20N4O5. The summed E-state index contributed by atoms with van der Waals surface area (Å²) in [6, 6.07) is 3.61. The molecule has 0 aliphatic carbocycles. The number of imidazole rings is 1. The second-order valence-electron chi connectivity index (χ2n) is 5.75. The highest BCUT2D eigenvalue weighted by atomic mass is 16.5. The van der Waals surface area contributed by atoms with Crippen LogP contribution in [0.1, 0.15) is 38.5 Å². The summed E-state index contributed by atoms with van der Waals surface area (Å²) >= 11 is 0. The third kappa shape index (κ3) is 3.89. The molecule has 9 nitrogen and oxygen atoms in total. The molecule has 25 heavy (non-hydrogen) atoms. The van der Waals surface area contributed by atoms with E-state index in [1.807, 2.05) is 19.1 Å². The summed E-state index contributed by atoms with van der Waals surface area (Å²) in [6.07, 6.45) is 1.19. The zero-order valence-electron chi connectivity index (χ0n) is 13.8. The van der Waals surface area contributed by atoms with Crippen LogP contribution in [0.15, 0.2) is 22.9 Å². The van der Waals surface area contributed by atoms with E-state index in [1.165, 1.54) is 6.33 Å². The van der Waals surface area contributed by atoms with Crippen molar-refractivity contribution in [2.24, 2.45) is 0 Å². The Morgan fingerprint density at radius 1 is 1.40 bits per heavy atom. The smallest absolute Gasteiger partial charge is 0.354 e. The van der Waals surface area contributed by atoms with Crippen molar-refractivity contribution in [3.05, 3.63) is 41.4 Å². The Morgan fingerprint density at radius 2 is 2.16 bits per heavy atom. The highest BCUT2D eigenvalue weighted by molar-refractivity contribution is 6.02. The third-order valence-electron chi connectivity index (χ3n) is 4.10. The van der Waals surface area contributed by atoms with Crippen LogP contribution in [0.25, 0.3) is 0 Å². The lowest BCUT2D eigenvalue weighted by Gasteiger charge is -2.33. The molecule has 134 valence electrons. The quantitative estimate of drug-likeness (QED) is 0.706. The number of nitrogens with one attached hydrogen (secondary N) is 2. The SMILES string of the molecule is Cc1ccc(C(CNC(=O)c2nc[nH]c2C(=O)O)N2CCOCC2)o1. The number of aryl methyl sites for hydroxylation is 1. The van der Waals surface area contributed by atoms with Crippen LogP contribution in [0.5, 0.6) is 0 Å². The van der Waals surface area contributed by atoms with Crippen molar-refractivity contribution in [3.8, 4) is 0 Å². The number of nitrogens with zero attached hydrogens (tertiary/aromatic N) is 2. The molecule has 0 radical (unpaired) electrons. The van der Waals surface area contributed by atoms with E-state index in [-0.39, 0.29) is 24.0 Å². The van der Waals surface area contributed by atoms with E-state index in [0.29, 0.717) is 13.2 Å². The minimum absolute atomic E-state index is 0.135. The molecule has 0 bridgehead atoms. The lowest BCUT2D eigenvalue weighted by atomic mass is 10.1. The van der Waals surface area contributed by atoms with E-state index in [2.05, 4.69) is 20.2 Å². The Hall–Kier alpha value is -2.65. The predicted molar refractivity (Wildman–Crippen MR) is 86.5 cm³/mol. The fourth-order valence-electron chi connectivity index (χ4n) is 2.83. The minimum Gasteiger partial charge on any atom is -0.477 e. The minimum atomic E-state index is -1.23. The number of rotatable bonds is 6. The molecule has 2 aromatic rings. The van der Waals surface area contributed by atoms with Crippen molar-refractivity contribution in [2.45, 2.75) is 13.0 Å². The van der Waals surface area contributed by atoms with Crippen molar-refractivity contribution < 1.29 is 23.8 Å². The topological polar surface area (TPSA) is 121 Å². The Kier molecular flexibility index (Phi) is 5.15. The number of H-pyrrole nitrogens is 1. The Morgan fingerprint density at radius 3 is 2.80 bits per heavy atom. The van der Waals surface area contributed by atoms with Crippen molar-refractivity contribution >= 4 is 11.9 Å². The highest BCUT2D eigenvalue weighted by Crippen LogP contribution is 2.23. The first-order valence-corrected chi connectivity index (χ1v) is 7.99. The molecular weight excluding hydrogens is 328 g/mol. The van der Waals surface area contributed by atoms with Gasteiger partial charge in [-0.05, 0) is 19.1 Å². The van der Waals surface area contributed by atoms with Gasteiger partial charge in [0.15, 0.2) is 11.4 Å². The summed E-state index contributed by atoms with van der Waals surface area (Å²) in [6.45, 7) is 4.82. The van der Waals surface area contributed by atoms with E-state index in [4.69, 9.17) is 14.3 Å². The molecule has 1 unspecified atom stereocenters. The van der Waals surface area contributed by atoms with Crippen molar-refractivity contribution in [3.63, 3.8) is 0 Å². The fraction of sp³-hybridized carbons (Fsp3) is 0.438. The Balaban J connectivity index is 1.72. The molecule has 1 aliphatic heterocycles. The van der Waals surface area contributed by atoms with Crippen molar-refractivity contribution in [1.82, 2.24) is 20.2 Å². The van der Waals surface area contributed by atoms with Crippen LogP contribution in [-0.4, -0.2) is 64.7 Å². The average Bonchev–Trinajstić information content (AvgIpc) is 3.25. The average molecular weight is 348 g/mol. The summed E-state index contributed by atoms with van der Waals surface area (Å²) in [4.78, 5) is 31.9. The van der Waals surface area contributed by atoms with Gasteiger partial charge in [-0.25, -0.2) is 9.78 Å². The number of hydrogen-bond acceptors (Lipinski definition) is 6. The zero-order chi connectivity index (χ0) is 17.8. The molecule has 0 spiro atoms. The number of amides is 1. The second kappa shape index (κ2) is 7.49. The normalized spacial score (nSPS) is 16.5. The van der Waals surface area contributed by atoms with Gasteiger partial charge < -0.3 is 24.6 Å². The summed E-state index contributed by atoms with van der Waals surface area (Å²) in [7, 11) is 0. The summed E-state index contributed by atoms with van der Waals surface area (Å²) in [5.74, 6) is -0.227. The van der Waals surface area contributed by atoms with Gasteiger partial charge in [-0.1, -0.05) is 0 Å². The van der Waals surface area contributed by atoms with Crippen LogP contribution >= 0.6 is 0 Å². The third-order valence-corrected chi connectivity index (χ3v) is 4.10. The highest BCUT2D eigenvalue weighted by Gasteiger charge is 2.27. The number of aromatic nitrogens is 2. The van der Waals surface area contributed by atoms with Gasteiger partial charge in [-0.2, -0.15) is 0 Å². The number of aromatic carboxylic acids is 1. The van der Waals surface area contributed by atoms with E-state index in [9.17, 15) is 9.59 Å². The van der Waals surface area contributed by atoms with Gasteiger partial charge >= 0.3 is 5.97 Å². The van der Waals surface area contributed by atoms with Gasteiger partial charge in [-0.3, -0.25) is 9.69 Å². The molecule has 3 heterocycles. The second-order valence-corrected chi connectivity index (χ2v) is 5.75.